The Hall–Kier alpha value is -2.06. The molecule has 0 heterocycles. The first kappa shape index (κ1) is 27.0. The second-order valence-corrected chi connectivity index (χ2v) is 10.4. The minimum absolute atomic E-state index is 0.288. The van der Waals surface area contributed by atoms with Crippen molar-refractivity contribution in [2.75, 3.05) is 0 Å². The number of nitrogens with one attached hydrogen (secondary N) is 1. The molecule has 176 valence electrons. The topological polar surface area (TPSA) is 97.7 Å². The van der Waals surface area contributed by atoms with Gasteiger partial charge >= 0.3 is 12.1 Å². The molecule has 31 heavy (non-hydrogen) atoms. The van der Waals surface area contributed by atoms with Gasteiger partial charge in [0.2, 0.25) is 0 Å². The zero-order valence-corrected chi connectivity index (χ0v) is 20.7. The Morgan fingerprint density at radius 2 is 1.61 bits per heavy atom. The van der Waals surface area contributed by atoms with Crippen molar-refractivity contribution in [1.82, 2.24) is 5.32 Å². The molecule has 1 rings (SSSR count). The van der Waals surface area contributed by atoms with Gasteiger partial charge in [-0.2, -0.15) is 0 Å². The van der Waals surface area contributed by atoms with Gasteiger partial charge in [-0.3, -0.25) is 0 Å². The number of rotatable bonds is 9. The molecule has 0 aliphatic rings. The molecular weight excluding hydrogens is 397 g/mol. The highest BCUT2D eigenvalue weighted by Crippen LogP contribution is 2.22. The quantitative estimate of drug-likeness (QED) is 0.349. The number of hydrogen-bond donors (Lipinski definition) is 2. The van der Waals surface area contributed by atoms with Crippen molar-refractivity contribution in [2.24, 2.45) is 0 Å². The van der Waals surface area contributed by atoms with Gasteiger partial charge in [0.05, 0.1) is 6.10 Å². The van der Waals surface area contributed by atoms with E-state index < -0.39 is 42.4 Å². The summed E-state index contributed by atoms with van der Waals surface area (Å²) in [6.07, 6.45) is -0.657. The molecule has 3 N–H and O–H groups in total. The van der Waals surface area contributed by atoms with E-state index in [-0.39, 0.29) is 12.5 Å². The second kappa shape index (κ2) is 10.5. The summed E-state index contributed by atoms with van der Waals surface area (Å²) in [5, 5.41) is 12.9. The summed E-state index contributed by atoms with van der Waals surface area (Å²) in [4.78, 5) is 24.7. The summed E-state index contributed by atoms with van der Waals surface area (Å²) in [5.41, 5.74) is -0.0907. The van der Waals surface area contributed by atoms with Crippen molar-refractivity contribution in [3.8, 4) is 0 Å². The summed E-state index contributed by atoms with van der Waals surface area (Å²) in [5.74, 6) is -0.500. The van der Waals surface area contributed by atoms with Crippen LogP contribution in [0.5, 0.6) is 0 Å². The Labute approximate surface area is 187 Å². The molecule has 0 aliphatic carbocycles. The van der Waals surface area contributed by atoms with E-state index in [1.807, 2.05) is 38.1 Å². The van der Waals surface area contributed by atoms with Gasteiger partial charge < -0.3 is 24.6 Å². The molecule has 0 bridgehead atoms. The number of benzene rings is 1. The number of amides is 1. The van der Waals surface area contributed by atoms with E-state index in [0.717, 1.165) is 11.0 Å². The van der Waals surface area contributed by atoms with Crippen LogP contribution in [0.25, 0.3) is 0 Å². The van der Waals surface area contributed by atoms with E-state index in [4.69, 9.17) is 14.1 Å². The van der Waals surface area contributed by atoms with Gasteiger partial charge in [0.25, 0.3) is 7.48 Å². The highest BCUT2D eigenvalue weighted by molar-refractivity contribution is 6.46. The van der Waals surface area contributed by atoms with Crippen LogP contribution in [0.4, 0.5) is 4.79 Å². The van der Waals surface area contributed by atoms with Crippen molar-refractivity contribution in [3.63, 3.8) is 0 Å². The normalized spacial score (nSPS) is 13.6. The molecular formula is C23H40BNO6. The molecule has 0 saturated carbocycles. The molecule has 0 radical (unpaired) electrons. The molecule has 0 unspecified atom stereocenters. The Balaban J connectivity index is 2.85. The van der Waals surface area contributed by atoms with Crippen molar-refractivity contribution >= 4 is 25.0 Å². The van der Waals surface area contributed by atoms with Gasteiger partial charge in [-0.25, -0.2) is 9.59 Å². The SMILES string of the molecule is CC(C)OC(=O)[C@H](Cc1ccc([BH2-][OH+]C(C)(C)C(C)(C)O)cc1)NC(=O)OC(C)(C)C. The maximum absolute atomic E-state index is 12.5. The summed E-state index contributed by atoms with van der Waals surface area (Å²) in [6.45, 7) is 16.2. The molecule has 1 aromatic rings. The molecule has 1 aromatic carbocycles. The predicted octanol–water partition coefficient (Wildman–Crippen LogP) is 1.86. The van der Waals surface area contributed by atoms with Crippen LogP contribution in [-0.2, 0) is 20.7 Å². The third-order valence-corrected chi connectivity index (χ3v) is 5.31. The fourth-order valence-electron chi connectivity index (χ4n) is 2.75. The number of carbonyl (C=O) groups excluding carboxylic acids is 2. The van der Waals surface area contributed by atoms with Crippen molar-refractivity contribution in [3.05, 3.63) is 29.8 Å². The van der Waals surface area contributed by atoms with Gasteiger partial charge in [-0.1, -0.05) is 24.3 Å². The molecule has 0 saturated heterocycles. The van der Waals surface area contributed by atoms with Crippen LogP contribution in [-0.4, -0.2) is 58.3 Å². The molecule has 0 aromatic heterocycles. The Morgan fingerprint density at radius 3 is 2.06 bits per heavy atom. The lowest BCUT2D eigenvalue weighted by Crippen LogP contribution is -2.51. The average molecular weight is 437 g/mol. The zero-order valence-electron chi connectivity index (χ0n) is 20.7. The van der Waals surface area contributed by atoms with Crippen LogP contribution in [0.1, 0.15) is 67.9 Å². The van der Waals surface area contributed by atoms with Gasteiger partial charge in [0, 0.05) is 20.3 Å². The van der Waals surface area contributed by atoms with Gasteiger partial charge in [0.15, 0.2) is 0 Å². The molecule has 1 atom stereocenters. The minimum atomic E-state index is -0.895. The lowest BCUT2D eigenvalue weighted by Gasteiger charge is -2.38. The fraction of sp³-hybridized carbons (Fsp3) is 0.652. The number of aliphatic hydroxyl groups is 2. The molecule has 1 amide bonds. The zero-order chi connectivity index (χ0) is 24.0. The van der Waals surface area contributed by atoms with Crippen LogP contribution in [0.3, 0.4) is 0 Å². The van der Waals surface area contributed by atoms with Crippen LogP contribution >= 0.6 is 0 Å². The Morgan fingerprint density at radius 1 is 1.06 bits per heavy atom. The van der Waals surface area contributed by atoms with E-state index in [2.05, 4.69) is 5.32 Å². The summed E-state index contributed by atoms with van der Waals surface area (Å²) >= 11 is 0. The number of alkyl carbamates (subject to hydrolysis) is 1. The van der Waals surface area contributed by atoms with E-state index in [9.17, 15) is 14.7 Å². The van der Waals surface area contributed by atoms with Gasteiger partial charge in [0.1, 0.15) is 22.8 Å². The van der Waals surface area contributed by atoms with Crippen LogP contribution < -0.4 is 10.8 Å². The summed E-state index contributed by atoms with van der Waals surface area (Å²) < 4.78 is 15.3. The number of hydrogen-bond acceptors (Lipinski definition) is 5. The maximum Gasteiger partial charge on any atom is 0.408 e. The first-order chi connectivity index (χ1) is 14.0. The van der Waals surface area contributed by atoms with Crippen molar-refractivity contribution < 1.29 is 28.8 Å². The van der Waals surface area contributed by atoms with Gasteiger partial charge in [-0.05, 0) is 54.0 Å². The van der Waals surface area contributed by atoms with Crippen LogP contribution in [0.15, 0.2) is 24.3 Å². The van der Waals surface area contributed by atoms with Crippen molar-refractivity contribution in [1.29, 1.82) is 0 Å². The molecule has 8 heteroatoms. The van der Waals surface area contributed by atoms with Crippen LogP contribution in [0.2, 0.25) is 0 Å². The number of ether oxygens (including phenoxy) is 2. The lowest BCUT2D eigenvalue weighted by atomic mass is 9.82. The standard InChI is InChI=1S/C23H40BNO6/c1-15(2)29-19(26)18(25-20(27)30-21(3,4)5)14-16-10-12-17(13-11-16)24-31-23(8,9)22(6,7)28/h10-13,15,18,28,31H,14,24H2,1-9H3,(H,25,27)/t18-/m0/s1. The highest BCUT2D eigenvalue weighted by atomic mass is 16.6. The van der Waals surface area contributed by atoms with E-state index in [0.29, 0.717) is 0 Å². The summed E-state index contributed by atoms with van der Waals surface area (Å²) in [7, 11) is -0.784. The van der Waals surface area contributed by atoms with E-state index >= 15 is 0 Å². The minimum Gasteiger partial charge on any atom is -0.677 e. The predicted molar refractivity (Wildman–Crippen MR) is 125 cm³/mol. The third-order valence-electron chi connectivity index (χ3n) is 5.31. The molecule has 7 nitrogen and oxygen atoms in total. The third kappa shape index (κ3) is 9.74. The first-order valence-corrected chi connectivity index (χ1v) is 11.0. The average Bonchev–Trinajstić information content (AvgIpc) is 2.57. The monoisotopic (exact) mass is 437 g/mol. The van der Waals surface area contributed by atoms with E-state index in [1.54, 1.807) is 48.5 Å². The Bertz CT molecular complexity index is 732. The number of carbonyl (C=O) groups is 2. The second-order valence-electron chi connectivity index (χ2n) is 10.4. The molecule has 0 aliphatic heterocycles. The number of esters is 1. The maximum atomic E-state index is 12.5. The first-order valence-electron chi connectivity index (χ1n) is 11.0. The smallest absolute Gasteiger partial charge is 0.408 e. The van der Waals surface area contributed by atoms with E-state index in [1.165, 1.54) is 0 Å². The lowest BCUT2D eigenvalue weighted by molar-refractivity contribution is -0.157. The Kier molecular flexibility index (Phi) is 9.14. The molecule has 0 fully saturated rings. The largest absolute Gasteiger partial charge is 0.677 e. The van der Waals surface area contributed by atoms with Crippen molar-refractivity contribution in [2.45, 2.75) is 97.7 Å². The summed E-state index contributed by atoms with van der Waals surface area (Å²) in [6, 6.07) is 6.98. The fourth-order valence-corrected chi connectivity index (χ4v) is 2.75. The van der Waals surface area contributed by atoms with Gasteiger partial charge in [-0.15, -0.1) is 5.46 Å². The van der Waals surface area contributed by atoms with Crippen LogP contribution in [0, 0.1) is 0 Å². The highest BCUT2D eigenvalue weighted by Gasteiger charge is 2.37. The molecule has 0 spiro atoms.